The minimum Gasteiger partial charge on any atom is -0.497 e. The lowest BCUT2D eigenvalue weighted by Crippen LogP contribution is -2.27. The monoisotopic (exact) mass is 426 g/mol. The fraction of sp³-hybridized carbons (Fsp3) is 0.444. The Bertz CT molecular complexity index is 813. The summed E-state index contributed by atoms with van der Waals surface area (Å²) in [5.74, 6) is 0.645. The fourth-order valence-electron chi connectivity index (χ4n) is 2.50. The van der Waals surface area contributed by atoms with Gasteiger partial charge in [0, 0.05) is 23.8 Å². The third kappa shape index (κ3) is 4.52. The molecule has 25 heavy (non-hydrogen) atoms. The van der Waals surface area contributed by atoms with Gasteiger partial charge in [-0.3, -0.25) is 14.2 Å². The van der Waals surface area contributed by atoms with E-state index in [-0.39, 0.29) is 10.8 Å². The molecule has 0 spiro atoms. The van der Waals surface area contributed by atoms with Gasteiger partial charge in [0.1, 0.15) is 10.6 Å². The number of aromatic nitrogens is 1. The van der Waals surface area contributed by atoms with Crippen LogP contribution in [0.25, 0.3) is 0 Å². The maximum absolute atomic E-state index is 12.6. The number of rotatable bonds is 7. The molecule has 2 aromatic rings. The summed E-state index contributed by atoms with van der Waals surface area (Å²) in [5, 5.41) is 0. The Hall–Kier alpha value is -1.60. The van der Waals surface area contributed by atoms with E-state index in [1.807, 2.05) is 25.1 Å². The smallest absolute Gasteiger partial charge is 0.308 e. The van der Waals surface area contributed by atoms with Crippen LogP contribution in [-0.4, -0.2) is 36.1 Å². The number of hydrogen-bond donors (Lipinski definition) is 0. The molecule has 0 saturated heterocycles. The van der Waals surface area contributed by atoms with Gasteiger partial charge >= 0.3 is 4.87 Å². The summed E-state index contributed by atoms with van der Waals surface area (Å²) < 4.78 is 7.80. The molecule has 0 N–H and O–H groups in total. The lowest BCUT2D eigenvalue weighted by Gasteiger charge is -2.16. The Labute approximate surface area is 160 Å². The molecule has 1 amide bonds. The molecule has 1 aromatic carbocycles. The first kappa shape index (κ1) is 19.7. The predicted octanol–water partition coefficient (Wildman–Crippen LogP) is 3.91. The highest BCUT2D eigenvalue weighted by Crippen LogP contribution is 2.24. The summed E-state index contributed by atoms with van der Waals surface area (Å²) in [4.78, 5) is 27.1. The van der Waals surface area contributed by atoms with Crippen LogP contribution in [0.3, 0.4) is 0 Å². The number of unbranched alkanes of at least 4 members (excludes halogenated alkanes) is 1. The van der Waals surface area contributed by atoms with Gasteiger partial charge in [0.25, 0.3) is 5.91 Å². The van der Waals surface area contributed by atoms with Crippen molar-refractivity contribution in [3.8, 4) is 5.75 Å². The molecule has 0 aliphatic heterocycles. The number of carbonyl (C=O) groups excluding carboxylic acids is 1. The van der Waals surface area contributed by atoms with Crippen LogP contribution < -0.4 is 9.61 Å². The van der Waals surface area contributed by atoms with Crippen molar-refractivity contribution in [3.05, 3.63) is 48.5 Å². The molecule has 0 saturated carbocycles. The number of ether oxygens (including phenoxy) is 1. The topological polar surface area (TPSA) is 51.5 Å². The highest BCUT2D eigenvalue weighted by atomic mass is 79.9. The zero-order valence-electron chi connectivity index (χ0n) is 15.0. The van der Waals surface area contributed by atoms with Gasteiger partial charge in [-0.1, -0.05) is 40.6 Å². The number of hydrogen-bond acceptors (Lipinski definition) is 4. The molecule has 0 aliphatic carbocycles. The van der Waals surface area contributed by atoms with Crippen molar-refractivity contribution >= 4 is 33.2 Å². The molecular weight excluding hydrogens is 404 g/mol. The maximum atomic E-state index is 12.6. The van der Waals surface area contributed by atoms with Crippen molar-refractivity contribution < 1.29 is 9.53 Å². The van der Waals surface area contributed by atoms with Crippen LogP contribution in [0.2, 0.25) is 0 Å². The lowest BCUT2D eigenvalue weighted by atomic mass is 10.2. The molecule has 1 heterocycles. The third-order valence-electron chi connectivity index (χ3n) is 4.11. The molecule has 0 fully saturated rings. The molecule has 2 rings (SSSR count). The predicted molar refractivity (Wildman–Crippen MR) is 105 cm³/mol. The van der Waals surface area contributed by atoms with E-state index in [4.69, 9.17) is 4.74 Å². The standard InChI is InChI=1S/C18H23BrN2O3S/c1-5-6-9-20(3)17(22)16-12(2)21(18(23)25-16)11-13-10-14(24-4)7-8-15(13)19/h7-8,10H,5-6,9,11H2,1-4H3. The Kier molecular flexibility index (Phi) is 6.84. The van der Waals surface area contributed by atoms with Crippen molar-refractivity contribution in [2.24, 2.45) is 0 Å². The number of methoxy groups -OCH3 is 1. The van der Waals surface area contributed by atoms with E-state index in [1.165, 1.54) is 0 Å². The average molecular weight is 427 g/mol. The van der Waals surface area contributed by atoms with Crippen LogP contribution >= 0.6 is 27.3 Å². The molecule has 136 valence electrons. The first-order valence-corrected chi connectivity index (χ1v) is 9.78. The number of benzene rings is 1. The minimum atomic E-state index is -0.125. The molecule has 0 bridgehead atoms. The SMILES string of the molecule is CCCCN(C)C(=O)c1sc(=O)n(Cc2cc(OC)ccc2Br)c1C. The van der Waals surface area contributed by atoms with Gasteiger partial charge in [-0.2, -0.15) is 0 Å². The van der Waals surface area contributed by atoms with Crippen LogP contribution in [0.4, 0.5) is 0 Å². The normalized spacial score (nSPS) is 10.8. The summed E-state index contributed by atoms with van der Waals surface area (Å²) in [6.45, 7) is 5.00. The number of thiazole rings is 1. The van der Waals surface area contributed by atoms with Gasteiger partial charge in [0.2, 0.25) is 0 Å². The van der Waals surface area contributed by atoms with Crippen LogP contribution in [0.15, 0.2) is 27.5 Å². The third-order valence-corrected chi connectivity index (χ3v) is 5.96. The summed E-state index contributed by atoms with van der Waals surface area (Å²) in [6.07, 6.45) is 1.98. The van der Waals surface area contributed by atoms with Gasteiger partial charge in [0.15, 0.2) is 0 Å². The molecule has 7 heteroatoms. The number of nitrogens with zero attached hydrogens (tertiary/aromatic N) is 2. The summed E-state index contributed by atoms with van der Waals surface area (Å²) in [7, 11) is 3.39. The molecule has 0 aliphatic rings. The Morgan fingerprint density at radius 2 is 2.12 bits per heavy atom. The lowest BCUT2D eigenvalue weighted by molar-refractivity contribution is 0.0796. The maximum Gasteiger partial charge on any atom is 0.308 e. The molecule has 0 unspecified atom stereocenters. The first-order chi connectivity index (χ1) is 11.9. The second-order valence-electron chi connectivity index (χ2n) is 5.91. The van der Waals surface area contributed by atoms with Crippen LogP contribution in [0, 0.1) is 6.92 Å². The van der Waals surface area contributed by atoms with Crippen LogP contribution in [0.5, 0.6) is 5.75 Å². The summed E-state index contributed by atoms with van der Waals surface area (Å²) in [5.41, 5.74) is 1.64. The molecular formula is C18H23BrN2O3S. The second-order valence-corrected chi connectivity index (χ2v) is 7.72. The summed E-state index contributed by atoms with van der Waals surface area (Å²) >= 11 is 4.53. The Morgan fingerprint density at radius 3 is 2.76 bits per heavy atom. The van der Waals surface area contributed by atoms with Crippen molar-refractivity contribution in [2.75, 3.05) is 20.7 Å². The van der Waals surface area contributed by atoms with Crippen molar-refractivity contribution in [2.45, 2.75) is 33.2 Å². The number of carbonyl (C=O) groups is 1. The largest absolute Gasteiger partial charge is 0.497 e. The second kappa shape index (κ2) is 8.67. The van der Waals surface area contributed by atoms with Crippen molar-refractivity contribution in [1.82, 2.24) is 9.47 Å². The summed E-state index contributed by atoms with van der Waals surface area (Å²) in [6, 6.07) is 5.64. The van der Waals surface area contributed by atoms with E-state index in [1.54, 1.807) is 23.6 Å². The number of halogens is 1. The molecule has 0 atom stereocenters. The number of amides is 1. The fourth-order valence-corrected chi connectivity index (χ4v) is 3.86. The Morgan fingerprint density at radius 1 is 1.40 bits per heavy atom. The highest BCUT2D eigenvalue weighted by molar-refractivity contribution is 9.10. The first-order valence-electron chi connectivity index (χ1n) is 8.17. The van der Waals surface area contributed by atoms with Gasteiger partial charge in [-0.15, -0.1) is 0 Å². The van der Waals surface area contributed by atoms with E-state index < -0.39 is 0 Å². The van der Waals surface area contributed by atoms with Gasteiger partial charge in [0.05, 0.1) is 13.7 Å². The Balaban J connectivity index is 2.31. The van der Waals surface area contributed by atoms with Crippen LogP contribution in [0.1, 0.15) is 40.7 Å². The zero-order chi connectivity index (χ0) is 18.6. The van der Waals surface area contributed by atoms with E-state index in [0.717, 1.165) is 40.0 Å². The van der Waals surface area contributed by atoms with Gasteiger partial charge in [-0.05, 0) is 37.1 Å². The van der Waals surface area contributed by atoms with E-state index in [0.29, 0.717) is 23.7 Å². The highest BCUT2D eigenvalue weighted by Gasteiger charge is 2.21. The van der Waals surface area contributed by atoms with E-state index in [9.17, 15) is 9.59 Å². The van der Waals surface area contributed by atoms with Crippen molar-refractivity contribution in [1.29, 1.82) is 0 Å². The van der Waals surface area contributed by atoms with E-state index >= 15 is 0 Å². The van der Waals surface area contributed by atoms with Gasteiger partial charge < -0.3 is 9.64 Å². The van der Waals surface area contributed by atoms with Crippen molar-refractivity contribution in [3.63, 3.8) is 0 Å². The zero-order valence-corrected chi connectivity index (χ0v) is 17.4. The molecule has 0 radical (unpaired) electrons. The van der Waals surface area contributed by atoms with Gasteiger partial charge in [-0.25, -0.2) is 0 Å². The molecule has 5 nitrogen and oxygen atoms in total. The average Bonchev–Trinajstić information content (AvgIpc) is 2.88. The van der Waals surface area contributed by atoms with Crippen LogP contribution in [-0.2, 0) is 6.54 Å². The minimum absolute atomic E-state index is 0.0866. The van der Waals surface area contributed by atoms with E-state index in [2.05, 4.69) is 22.9 Å². The molecule has 1 aromatic heterocycles. The quantitative estimate of drug-likeness (QED) is 0.674.